The quantitative estimate of drug-likeness (QED) is 0.500. The van der Waals surface area contributed by atoms with E-state index in [1.807, 2.05) is 0 Å². The smallest absolute Gasteiger partial charge is 0.252 e. The average Bonchev–Trinajstić information content (AvgIpc) is 3.68. The number of halogens is 2. The summed E-state index contributed by atoms with van der Waals surface area (Å²) in [4.78, 5) is 40.8. The van der Waals surface area contributed by atoms with Crippen molar-refractivity contribution >= 4 is 29.2 Å². The van der Waals surface area contributed by atoms with Crippen LogP contribution in [0.1, 0.15) is 28.8 Å². The molecule has 0 bridgehead atoms. The molecule has 1 fully saturated rings. The molecule has 1 saturated carbocycles. The van der Waals surface area contributed by atoms with Crippen molar-refractivity contribution < 1.29 is 27.9 Å². The number of benzene rings is 2. The second-order valence-electron chi connectivity index (χ2n) is 8.38. The summed E-state index contributed by atoms with van der Waals surface area (Å²) in [5.74, 6) is -3.13. The summed E-state index contributed by atoms with van der Waals surface area (Å²) in [6.45, 7) is 0. The Morgan fingerprint density at radius 2 is 1.80 bits per heavy atom. The Bertz CT molecular complexity index is 1340. The van der Waals surface area contributed by atoms with E-state index < -0.39 is 35.2 Å². The number of ether oxygens (including phenoxy) is 1. The van der Waals surface area contributed by atoms with E-state index in [0.29, 0.717) is 11.1 Å². The summed E-state index contributed by atoms with van der Waals surface area (Å²) in [6, 6.07) is 10.4. The zero-order chi connectivity index (χ0) is 24.5. The highest BCUT2D eigenvalue weighted by molar-refractivity contribution is 6.04. The lowest BCUT2D eigenvalue weighted by atomic mass is 9.95. The summed E-state index contributed by atoms with van der Waals surface area (Å²) < 4.78 is 34.8. The molecule has 10 heteroatoms. The van der Waals surface area contributed by atoms with Gasteiger partial charge in [0.1, 0.15) is 17.6 Å². The summed E-state index contributed by atoms with van der Waals surface area (Å²) in [6.07, 6.45) is 3.25. The molecule has 3 aromatic rings. The average molecular weight is 478 g/mol. The first-order valence-electron chi connectivity index (χ1n) is 11.0. The van der Waals surface area contributed by atoms with Gasteiger partial charge < -0.3 is 20.7 Å². The topological polar surface area (TPSA) is 109 Å². The Morgan fingerprint density at radius 1 is 1.00 bits per heavy atom. The van der Waals surface area contributed by atoms with Gasteiger partial charge in [0.05, 0.1) is 5.69 Å². The van der Waals surface area contributed by atoms with Crippen molar-refractivity contribution in [2.24, 2.45) is 5.92 Å². The van der Waals surface area contributed by atoms with Crippen molar-refractivity contribution in [1.82, 2.24) is 10.3 Å². The van der Waals surface area contributed by atoms with Crippen LogP contribution in [0, 0.1) is 17.6 Å². The normalized spacial score (nSPS) is 16.6. The number of carbonyl (C=O) groups excluding carboxylic acids is 3. The van der Waals surface area contributed by atoms with Gasteiger partial charge in [-0.3, -0.25) is 14.4 Å². The molecule has 0 radical (unpaired) electrons. The maximum absolute atomic E-state index is 14.7. The number of nitrogens with one attached hydrogen (secondary N) is 3. The van der Waals surface area contributed by atoms with Crippen LogP contribution in [-0.2, 0) is 16.0 Å². The number of hydrogen-bond acceptors (Lipinski definition) is 5. The van der Waals surface area contributed by atoms with Crippen LogP contribution in [0.3, 0.4) is 0 Å². The Hall–Kier alpha value is -4.34. The van der Waals surface area contributed by atoms with E-state index >= 15 is 0 Å². The SMILES string of the molecule is O=C1NC(C(=O)Nc2cc(F)c(Oc3ccnc(NC(=O)C4CC4)c3)cc2F)Cc2ccccc21. The number of aromatic nitrogens is 1. The largest absolute Gasteiger partial charge is 0.454 e. The molecule has 178 valence electrons. The van der Waals surface area contributed by atoms with Crippen LogP contribution < -0.4 is 20.7 Å². The fourth-order valence-electron chi connectivity index (χ4n) is 3.75. The molecule has 1 aliphatic carbocycles. The van der Waals surface area contributed by atoms with Gasteiger partial charge in [-0.1, -0.05) is 18.2 Å². The van der Waals surface area contributed by atoms with E-state index in [4.69, 9.17) is 4.74 Å². The highest BCUT2D eigenvalue weighted by Crippen LogP contribution is 2.32. The maximum atomic E-state index is 14.7. The number of pyridine rings is 1. The predicted molar refractivity (Wildman–Crippen MR) is 122 cm³/mol. The Kier molecular flexibility index (Phi) is 5.86. The number of amides is 3. The second kappa shape index (κ2) is 9.13. The molecule has 3 amide bonds. The highest BCUT2D eigenvalue weighted by atomic mass is 19.1. The summed E-state index contributed by atoms with van der Waals surface area (Å²) in [5.41, 5.74) is 0.776. The molecule has 1 aliphatic heterocycles. The molecule has 0 spiro atoms. The zero-order valence-corrected chi connectivity index (χ0v) is 18.3. The van der Waals surface area contributed by atoms with Crippen LogP contribution in [0.15, 0.2) is 54.7 Å². The molecular weight excluding hydrogens is 458 g/mol. The summed E-state index contributed by atoms with van der Waals surface area (Å²) in [5, 5.41) is 7.55. The maximum Gasteiger partial charge on any atom is 0.252 e. The molecule has 5 rings (SSSR count). The molecule has 2 aromatic carbocycles. The van der Waals surface area contributed by atoms with Crippen molar-refractivity contribution in [1.29, 1.82) is 0 Å². The minimum absolute atomic E-state index is 0.0210. The molecule has 2 heterocycles. The molecule has 3 N–H and O–H groups in total. The standard InChI is InChI=1S/C25H20F2N4O4/c26-17-12-21(35-15-7-8-28-22(10-15)31-23(32)13-5-6-13)18(27)11-19(17)29-25(34)20-9-14-3-1-2-4-16(14)24(33)30-20/h1-4,7-8,10-13,20H,5-6,9H2,(H,29,34)(H,30,33)(H,28,31,32). The van der Waals surface area contributed by atoms with Gasteiger partial charge in [-0.25, -0.2) is 13.8 Å². The summed E-state index contributed by atoms with van der Waals surface area (Å²) in [7, 11) is 0. The monoisotopic (exact) mass is 478 g/mol. The van der Waals surface area contributed by atoms with Crippen LogP contribution in [-0.4, -0.2) is 28.7 Å². The molecule has 2 aliphatic rings. The fraction of sp³-hybridized carbons (Fsp3) is 0.200. The first-order chi connectivity index (χ1) is 16.9. The molecule has 8 nitrogen and oxygen atoms in total. The van der Waals surface area contributed by atoms with Crippen LogP contribution in [0.2, 0.25) is 0 Å². The van der Waals surface area contributed by atoms with Gasteiger partial charge >= 0.3 is 0 Å². The van der Waals surface area contributed by atoms with E-state index in [9.17, 15) is 23.2 Å². The Morgan fingerprint density at radius 3 is 2.60 bits per heavy atom. The number of hydrogen-bond donors (Lipinski definition) is 3. The van der Waals surface area contributed by atoms with Gasteiger partial charge in [-0.05, 0) is 30.5 Å². The summed E-state index contributed by atoms with van der Waals surface area (Å²) >= 11 is 0. The van der Waals surface area contributed by atoms with Gasteiger partial charge in [0.25, 0.3) is 5.91 Å². The van der Waals surface area contributed by atoms with E-state index in [0.717, 1.165) is 25.0 Å². The van der Waals surface area contributed by atoms with E-state index in [2.05, 4.69) is 20.9 Å². The third kappa shape index (κ3) is 4.96. The van der Waals surface area contributed by atoms with Gasteiger partial charge in [0.15, 0.2) is 17.4 Å². The van der Waals surface area contributed by atoms with Crippen molar-refractivity contribution in [2.75, 3.05) is 10.6 Å². The third-order valence-electron chi connectivity index (χ3n) is 5.75. The van der Waals surface area contributed by atoms with Gasteiger partial charge in [-0.2, -0.15) is 0 Å². The molecular formula is C25H20F2N4O4. The lowest BCUT2D eigenvalue weighted by molar-refractivity contribution is -0.118. The van der Waals surface area contributed by atoms with E-state index in [1.165, 1.54) is 18.3 Å². The Balaban J connectivity index is 1.27. The predicted octanol–water partition coefficient (Wildman–Crippen LogP) is 3.79. The first-order valence-corrected chi connectivity index (χ1v) is 11.0. The third-order valence-corrected chi connectivity index (χ3v) is 5.75. The van der Waals surface area contributed by atoms with Crippen LogP contribution in [0.25, 0.3) is 0 Å². The van der Waals surface area contributed by atoms with Gasteiger partial charge in [0, 0.05) is 42.3 Å². The minimum Gasteiger partial charge on any atom is -0.454 e. The number of rotatable bonds is 6. The van der Waals surface area contributed by atoms with Gasteiger partial charge in [0.2, 0.25) is 11.8 Å². The lowest BCUT2D eigenvalue weighted by Crippen LogP contribution is -2.48. The number of nitrogens with zero attached hydrogens (tertiary/aromatic N) is 1. The van der Waals surface area contributed by atoms with Crippen molar-refractivity contribution in [3.05, 3.63) is 77.5 Å². The number of fused-ring (bicyclic) bond motifs is 1. The van der Waals surface area contributed by atoms with Crippen LogP contribution >= 0.6 is 0 Å². The fourth-order valence-corrected chi connectivity index (χ4v) is 3.75. The van der Waals surface area contributed by atoms with Crippen molar-refractivity contribution in [2.45, 2.75) is 25.3 Å². The Labute approximate surface area is 198 Å². The minimum atomic E-state index is -0.933. The zero-order valence-electron chi connectivity index (χ0n) is 18.3. The molecule has 0 saturated heterocycles. The van der Waals surface area contributed by atoms with Crippen LogP contribution in [0.4, 0.5) is 20.3 Å². The molecule has 1 unspecified atom stereocenters. The van der Waals surface area contributed by atoms with E-state index in [-0.39, 0.29) is 35.5 Å². The molecule has 35 heavy (non-hydrogen) atoms. The second-order valence-corrected chi connectivity index (χ2v) is 8.38. The van der Waals surface area contributed by atoms with Crippen molar-refractivity contribution in [3.63, 3.8) is 0 Å². The number of anilines is 2. The molecule has 1 aromatic heterocycles. The van der Waals surface area contributed by atoms with E-state index in [1.54, 1.807) is 24.3 Å². The van der Waals surface area contributed by atoms with Gasteiger partial charge in [-0.15, -0.1) is 0 Å². The molecule has 1 atom stereocenters. The highest BCUT2D eigenvalue weighted by Gasteiger charge is 2.30. The van der Waals surface area contributed by atoms with Crippen molar-refractivity contribution in [3.8, 4) is 11.5 Å². The number of carbonyl (C=O) groups is 3. The first kappa shape index (κ1) is 22.5. The van der Waals surface area contributed by atoms with Crippen LogP contribution in [0.5, 0.6) is 11.5 Å². The lowest BCUT2D eigenvalue weighted by Gasteiger charge is -2.25.